The van der Waals surface area contributed by atoms with Crippen molar-refractivity contribution in [2.45, 2.75) is 33.4 Å². The molecule has 1 aromatic carbocycles. The minimum absolute atomic E-state index is 0.00161. The van der Waals surface area contributed by atoms with Gasteiger partial charge in [0, 0.05) is 23.5 Å². The van der Waals surface area contributed by atoms with Crippen molar-refractivity contribution in [1.82, 2.24) is 9.88 Å². The minimum atomic E-state index is -0.506. The molecule has 0 fully saturated rings. The van der Waals surface area contributed by atoms with E-state index in [0.29, 0.717) is 17.1 Å². The number of thiazole rings is 1. The predicted octanol–water partition coefficient (Wildman–Crippen LogP) is 4.77. The first-order valence-corrected chi connectivity index (χ1v) is 10.7. The molecule has 0 radical (unpaired) electrons. The molecule has 0 aliphatic heterocycles. The first-order chi connectivity index (χ1) is 13.5. The molecule has 0 aliphatic carbocycles. The number of thiophene rings is 1. The van der Waals surface area contributed by atoms with Crippen molar-refractivity contribution in [3.05, 3.63) is 63.3 Å². The van der Waals surface area contributed by atoms with E-state index in [1.807, 2.05) is 61.0 Å². The van der Waals surface area contributed by atoms with Crippen LogP contribution < -0.4 is 0 Å². The fourth-order valence-electron chi connectivity index (χ4n) is 2.71. The Balaban J connectivity index is 1.63. The summed E-state index contributed by atoms with van der Waals surface area (Å²) in [6.45, 7) is 5.87. The van der Waals surface area contributed by atoms with Gasteiger partial charge < -0.3 is 9.64 Å². The van der Waals surface area contributed by atoms with Crippen LogP contribution in [0, 0.1) is 6.92 Å². The van der Waals surface area contributed by atoms with E-state index in [1.165, 1.54) is 11.3 Å². The molecule has 0 saturated carbocycles. The molecule has 0 saturated heterocycles. The standard InChI is InChI=1S/C21H22N2O3S2/c1-14(2)23(11-16-7-5-4-6-8-16)18(24)12-26-21(25)19-15(3)22-20(28-19)17-9-10-27-13-17/h4-10,13-14H,11-12H2,1-3H3. The van der Waals surface area contributed by atoms with Gasteiger partial charge >= 0.3 is 5.97 Å². The molecule has 0 spiro atoms. The second kappa shape index (κ2) is 9.12. The highest BCUT2D eigenvalue weighted by atomic mass is 32.1. The van der Waals surface area contributed by atoms with E-state index in [4.69, 9.17) is 4.74 Å². The summed E-state index contributed by atoms with van der Waals surface area (Å²) in [5.74, 6) is -0.722. The Morgan fingerprint density at radius 2 is 1.93 bits per heavy atom. The van der Waals surface area contributed by atoms with Crippen molar-refractivity contribution >= 4 is 34.6 Å². The number of ether oxygens (including phenoxy) is 1. The summed E-state index contributed by atoms with van der Waals surface area (Å²) in [6, 6.07) is 11.7. The molecule has 1 amide bonds. The lowest BCUT2D eigenvalue weighted by atomic mass is 10.2. The first-order valence-electron chi connectivity index (χ1n) is 8.96. The van der Waals surface area contributed by atoms with E-state index in [1.54, 1.807) is 23.2 Å². The summed E-state index contributed by atoms with van der Waals surface area (Å²) in [5.41, 5.74) is 2.64. The lowest BCUT2D eigenvalue weighted by Gasteiger charge is -2.26. The molecular formula is C21H22N2O3S2. The van der Waals surface area contributed by atoms with Gasteiger partial charge in [-0.25, -0.2) is 9.78 Å². The minimum Gasteiger partial charge on any atom is -0.451 e. The average Bonchev–Trinajstić information content (AvgIpc) is 3.34. The fraction of sp³-hybridized carbons (Fsp3) is 0.286. The molecule has 28 heavy (non-hydrogen) atoms. The monoisotopic (exact) mass is 414 g/mol. The van der Waals surface area contributed by atoms with Gasteiger partial charge in [-0.2, -0.15) is 11.3 Å². The number of benzene rings is 1. The number of hydrogen-bond donors (Lipinski definition) is 0. The quantitative estimate of drug-likeness (QED) is 0.522. The van der Waals surface area contributed by atoms with Gasteiger partial charge in [0.15, 0.2) is 6.61 Å². The average molecular weight is 415 g/mol. The molecule has 3 aromatic rings. The van der Waals surface area contributed by atoms with Crippen LogP contribution in [-0.4, -0.2) is 34.4 Å². The Kier molecular flexibility index (Phi) is 6.59. The van der Waals surface area contributed by atoms with Crippen LogP contribution in [0.4, 0.5) is 0 Å². The third-order valence-corrected chi connectivity index (χ3v) is 6.09. The smallest absolute Gasteiger partial charge is 0.350 e. The predicted molar refractivity (Wildman–Crippen MR) is 113 cm³/mol. The van der Waals surface area contributed by atoms with Crippen LogP contribution in [0.25, 0.3) is 10.6 Å². The van der Waals surface area contributed by atoms with Gasteiger partial charge in [0.05, 0.1) is 5.69 Å². The number of aromatic nitrogens is 1. The van der Waals surface area contributed by atoms with E-state index in [0.717, 1.165) is 16.1 Å². The van der Waals surface area contributed by atoms with E-state index < -0.39 is 5.97 Å². The second-order valence-corrected chi connectivity index (χ2v) is 8.40. The second-order valence-electron chi connectivity index (χ2n) is 6.62. The third kappa shape index (κ3) is 4.85. The summed E-state index contributed by atoms with van der Waals surface area (Å²) in [5, 5.41) is 4.74. The zero-order valence-electron chi connectivity index (χ0n) is 16.0. The summed E-state index contributed by atoms with van der Waals surface area (Å²) >= 11 is 2.87. The highest BCUT2D eigenvalue weighted by Gasteiger charge is 2.22. The van der Waals surface area contributed by atoms with Crippen LogP contribution in [0.15, 0.2) is 47.2 Å². The van der Waals surface area contributed by atoms with Crippen molar-refractivity contribution < 1.29 is 14.3 Å². The number of amides is 1. The van der Waals surface area contributed by atoms with Gasteiger partial charge in [0.2, 0.25) is 0 Å². The van der Waals surface area contributed by atoms with E-state index >= 15 is 0 Å². The molecule has 0 atom stereocenters. The summed E-state index contributed by atoms with van der Waals surface area (Å²) < 4.78 is 5.31. The van der Waals surface area contributed by atoms with Crippen LogP contribution in [0.3, 0.4) is 0 Å². The number of aryl methyl sites for hydroxylation is 1. The maximum Gasteiger partial charge on any atom is 0.350 e. The lowest BCUT2D eigenvalue weighted by Crippen LogP contribution is -2.39. The highest BCUT2D eigenvalue weighted by molar-refractivity contribution is 7.17. The molecule has 3 rings (SSSR count). The topological polar surface area (TPSA) is 59.5 Å². The van der Waals surface area contributed by atoms with E-state index in [9.17, 15) is 9.59 Å². The number of rotatable bonds is 7. The van der Waals surface area contributed by atoms with Gasteiger partial charge in [0.1, 0.15) is 9.88 Å². The Morgan fingerprint density at radius 3 is 2.57 bits per heavy atom. The van der Waals surface area contributed by atoms with Crippen LogP contribution in [0.5, 0.6) is 0 Å². The van der Waals surface area contributed by atoms with Crippen LogP contribution in [0.2, 0.25) is 0 Å². The summed E-state index contributed by atoms with van der Waals surface area (Å²) in [4.78, 5) is 31.7. The van der Waals surface area contributed by atoms with Crippen molar-refractivity contribution in [1.29, 1.82) is 0 Å². The number of nitrogens with zero attached hydrogens (tertiary/aromatic N) is 2. The number of carbonyl (C=O) groups is 2. The zero-order valence-corrected chi connectivity index (χ0v) is 17.7. The molecule has 7 heteroatoms. The van der Waals surface area contributed by atoms with Crippen molar-refractivity contribution in [2.24, 2.45) is 0 Å². The largest absolute Gasteiger partial charge is 0.451 e. The third-order valence-electron chi connectivity index (χ3n) is 4.22. The molecule has 2 heterocycles. The van der Waals surface area contributed by atoms with Crippen molar-refractivity contribution in [2.75, 3.05) is 6.61 Å². The maximum absolute atomic E-state index is 12.6. The van der Waals surface area contributed by atoms with Gasteiger partial charge in [-0.1, -0.05) is 30.3 Å². The number of esters is 1. The molecular weight excluding hydrogens is 392 g/mol. The molecule has 0 aliphatic rings. The Labute approximate surface area is 172 Å². The van der Waals surface area contributed by atoms with Gasteiger partial charge in [-0.15, -0.1) is 11.3 Å². The Bertz CT molecular complexity index is 934. The first kappa shape index (κ1) is 20.2. The van der Waals surface area contributed by atoms with Crippen LogP contribution in [0.1, 0.15) is 34.8 Å². The van der Waals surface area contributed by atoms with Crippen LogP contribution in [-0.2, 0) is 16.1 Å². The number of hydrogen-bond acceptors (Lipinski definition) is 6. The molecule has 0 unspecified atom stereocenters. The van der Waals surface area contributed by atoms with Crippen molar-refractivity contribution in [3.63, 3.8) is 0 Å². The molecule has 146 valence electrons. The maximum atomic E-state index is 12.6. The summed E-state index contributed by atoms with van der Waals surface area (Å²) in [7, 11) is 0. The van der Waals surface area contributed by atoms with Gasteiger partial charge in [-0.3, -0.25) is 4.79 Å². The Morgan fingerprint density at radius 1 is 1.18 bits per heavy atom. The normalized spacial score (nSPS) is 10.9. The zero-order chi connectivity index (χ0) is 20.1. The summed E-state index contributed by atoms with van der Waals surface area (Å²) in [6.07, 6.45) is 0. The SMILES string of the molecule is Cc1nc(-c2ccsc2)sc1C(=O)OCC(=O)N(Cc1ccccc1)C(C)C. The molecule has 0 N–H and O–H groups in total. The van der Waals surface area contributed by atoms with E-state index in [2.05, 4.69) is 4.98 Å². The molecule has 0 bridgehead atoms. The van der Waals surface area contributed by atoms with Crippen LogP contribution >= 0.6 is 22.7 Å². The molecule has 5 nitrogen and oxygen atoms in total. The Hall–Kier alpha value is -2.51. The highest BCUT2D eigenvalue weighted by Crippen LogP contribution is 2.29. The number of carbonyl (C=O) groups excluding carboxylic acids is 2. The lowest BCUT2D eigenvalue weighted by molar-refractivity contribution is -0.136. The molecule has 2 aromatic heterocycles. The fourth-order valence-corrected chi connectivity index (χ4v) is 4.38. The van der Waals surface area contributed by atoms with Crippen molar-refractivity contribution in [3.8, 4) is 10.6 Å². The van der Waals surface area contributed by atoms with Gasteiger partial charge in [-0.05, 0) is 37.8 Å². The van der Waals surface area contributed by atoms with E-state index in [-0.39, 0.29) is 18.6 Å². The van der Waals surface area contributed by atoms with Gasteiger partial charge in [0.25, 0.3) is 5.91 Å².